The highest BCUT2D eigenvalue weighted by Crippen LogP contribution is 2.31. The first-order valence-corrected chi connectivity index (χ1v) is 7.51. The average Bonchev–Trinajstić information content (AvgIpc) is 2.59. The molecule has 0 spiro atoms. The Hall–Kier alpha value is -2.49. The fourth-order valence-electron chi connectivity index (χ4n) is 2.52. The summed E-state index contributed by atoms with van der Waals surface area (Å²) in [6.07, 6.45) is 0.201. The number of rotatable bonds is 4. The third kappa shape index (κ3) is 3.06. The van der Waals surface area contributed by atoms with E-state index in [1.54, 1.807) is 0 Å². The van der Waals surface area contributed by atoms with Gasteiger partial charge in [-0.05, 0) is 24.1 Å². The van der Waals surface area contributed by atoms with E-state index in [2.05, 4.69) is 5.32 Å². The molecule has 2 aromatic carbocycles. The number of amides is 1. The smallest absolute Gasteiger partial charge is 0.265 e. The molecule has 2 aromatic rings. The monoisotopic (exact) mass is 297 g/mol. The van der Waals surface area contributed by atoms with Crippen LogP contribution in [0.1, 0.15) is 24.9 Å². The lowest BCUT2D eigenvalue weighted by Gasteiger charge is -2.27. The first kappa shape index (κ1) is 14.4. The Balaban J connectivity index is 1.67. The number of fused-ring (bicyclic) bond motifs is 1. The summed E-state index contributed by atoms with van der Waals surface area (Å²) in [5.41, 5.74) is 1.09. The SMILES string of the molecule is CC[C@H](NC(=O)[C@@H]1COc2ccccc2O1)c1ccccc1. The number of hydrogen-bond acceptors (Lipinski definition) is 3. The minimum absolute atomic E-state index is 0.0190. The van der Waals surface area contributed by atoms with Gasteiger partial charge in [-0.1, -0.05) is 49.4 Å². The maximum atomic E-state index is 12.4. The van der Waals surface area contributed by atoms with Crippen molar-refractivity contribution in [2.75, 3.05) is 6.61 Å². The van der Waals surface area contributed by atoms with Crippen LogP contribution in [0, 0.1) is 0 Å². The van der Waals surface area contributed by atoms with Gasteiger partial charge in [-0.2, -0.15) is 0 Å². The van der Waals surface area contributed by atoms with Crippen LogP contribution < -0.4 is 14.8 Å². The summed E-state index contributed by atoms with van der Waals surface area (Å²) in [5.74, 6) is 1.15. The number of nitrogens with one attached hydrogen (secondary N) is 1. The van der Waals surface area contributed by atoms with Crippen molar-refractivity contribution in [1.82, 2.24) is 5.32 Å². The molecule has 0 aliphatic carbocycles. The molecule has 2 atom stereocenters. The van der Waals surface area contributed by atoms with Gasteiger partial charge in [0.25, 0.3) is 5.91 Å². The second kappa shape index (κ2) is 6.52. The molecule has 1 amide bonds. The molecule has 1 aliphatic heterocycles. The van der Waals surface area contributed by atoms with Crippen molar-refractivity contribution in [3.05, 3.63) is 60.2 Å². The van der Waals surface area contributed by atoms with Crippen LogP contribution in [0.25, 0.3) is 0 Å². The fourth-order valence-corrected chi connectivity index (χ4v) is 2.52. The summed E-state index contributed by atoms with van der Waals surface area (Å²) in [5, 5.41) is 3.04. The van der Waals surface area contributed by atoms with Crippen LogP contribution in [0.3, 0.4) is 0 Å². The van der Waals surface area contributed by atoms with Crippen LogP contribution in [0.2, 0.25) is 0 Å². The third-order valence-electron chi connectivity index (χ3n) is 3.73. The molecule has 0 unspecified atom stereocenters. The largest absolute Gasteiger partial charge is 0.485 e. The van der Waals surface area contributed by atoms with E-state index in [1.807, 2.05) is 61.5 Å². The van der Waals surface area contributed by atoms with E-state index in [1.165, 1.54) is 0 Å². The van der Waals surface area contributed by atoms with E-state index in [-0.39, 0.29) is 18.6 Å². The molecule has 0 fully saturated rings. The summed E-state index contributed by atoms with van der Waals surface area (Å²) in [6.45, 7) is 2.28. The van der Waals surface area contributed by atoms with Gasteiger partial charge in [0, 0.05) is 0 Å². The zero-order chi connectivity index (χ0) is 15.4. The number of hydrogen-bond donors (Lipinski definition) is 1. The van der Waals surface area contributed by atoms with Crippen LogP contribution in [-0.2, 0) is 4.79 Å². The van der Waals surface area contributed by atoms with Gasteiger partial charge in [-0.15, -0.1) is 0 Å². The Kier molecular flexibility index (Phi) is 4.28. The van der Waals surface area contributed by atoms with E-state index >= 15 is 0 Å². The molecule has 3 rings (SSSR count). The second-order valence-electron chi connectivity index (χ2n) is 5.24. The van der Waals surface area contributed by atoms with E-state index in [4.69, 9.17) is 9.47 Å². The summed E-state index contributed by atoms with van der Waals surface area (Å²) >= 11 is 0. The van der Waals surface area contributed by atoms with E-state index in [0.717, 1.165) is 12.0 Å². The van der Waals surface area contributed by atoms with Gasteiger partial charge in [0.1, 0.15) is 6.61 Å². The highest BCUT2D eigenvalue weighted by molar-refractivity contribution is 5.82. The maximum absolute atomic E-state index is 12.4. The average molecular weight is 297 g/mol. The van der Waals surface area contributed by atoms with Crippen LogP contribution >= 0.6 is 0 Å². The lowest BCUT2D eigenvalue weighted by atomic mass is 10.0. The van der Waals surface area contributed by atoms with E-state index < -0.39 is 6.10 Å². The molecule has 0 bridgehead atoms. The molecule has 1 aliphatic rings. The number of ether oxygens (including phenoxy) is 2. The Morgan fingerprint density at radius 2 is 1.82 bits per heavy atom. The molecule has 4 nitrogen and oxygen atoms in total. The minimum atomic E-state index is -0.618. The summed E-state index contributed by atoms with van der Waals surface area (Å²) in [6, 6.07) is 17.3. The highest BCUT2D eigenvalue weighted by atomic mass is 16.6. The Bertz CT molecular complexity index is 642. The zero-order valence-electron chi connectivity index (χ0n) is 12.5. The first-order chi connectivity index (χ1) is 10.8. The van der Waals surface area contributed by atoms with Gasteiger partial charge in [0.15, 0.2) is 11.5 Å². The zero-order valence-corrected chi connectivity index (χ0v) is 12.5. The van der Waals surface area contributed by atoms with Crippen molar-refractivity contribution in [2.45, 2.75) is 25.5 Å². The van der Waals surface area contributed by atoms with Gasteiger partial charge in [0.05, 0.1) is 6.04 Å². The van der Waals surface area contributed by atoms with E-state index in [9.17, 15) is 4.79 Å². The predicted octanol–water partition coefficient (Wildman–Crippen LogP) is 3.09. The van der Waals surface area contributed by atoms with Gasteiger partial charge in [-0.3, -0.25) is 4.79 Å². The quantitative estimate of drug-likeness (QED) is 0.943. The summed E-state index contributed by atoms with van der Waals surface area (Å²) in [4.78, 5) is 12.4. The number of carbonyl (C=O) groups excluding carboxylic acids is 1. The van der Waals surface area contributed by atoms with Crippen LogP contribution in [0.15, 0.2) is 54.6 Å². The highest BCUT2D eigenvalue weighted by Gasteiger charge is 2.28. The van der Waals surface area contributed by atoms with Gasteiger partial charge in [-0.25, -0.2) is 0 Å². The van der Waals surface area contributed by atoms with Crippen molar-refractivity contribution in [3.8, 4) is 11.5 Å². The van der Waals surface area contributed by atoms with Crippen molar-refractivity contribution in [1.29, 1.82) is 0 Å². The summed E-state index contributed by atoms with van der Waals surface area (Å²) in [7, 11) is 0. The molecule has 4 heteroatoms. The Labute approximate surface area is 130 Å². The van der Waals surface area contributed by atoms with Gasteiger partial charge >= 0.3 is 0 Å². The standard InChI is InChI=1S/C18H19NO3/c1-2-14(13-8-4-3-5-9-13)19-18(20)17-12-21-15-10-6-7-11-16(15)22-17/h3-11,14,17H,2,12H2,1H3,(H,19,20)/t14-,17-/m0/s1. The molecule has 114 valence electrons. The molecule has 22 heavy (non-hydrogen) atoms. The molecule has 1 N–H and O–H groups in total. The summed E-state index contributed by atoms with van der Waals surface area (Å²) < 4.78 is 11.3. The van der Waals surface area contributed by atoms with Gasteiger partial charge in [0.2, 0.25) is 6.10 Å². The van der Waals surface area contributed by atoms with Crippen molar-refractivity contribution in [3.63, 3.8) is 0 Å². The van der Waals surface area contributed by atoms with Crippen LogP contribution in [0.5, 0.6) is 11.5 Å². The molecule has 1 heterocycles. The lowest BCUT2D eigenvalue weighted by Crippen LogP contribution is -2.45. The minimum Gasteiger partial charge on any atom is -0.485 e. The number of para-hydroxylation sites is 2. The van der Waals surface area contributed by atoms with Crippen molar-refractivity contribution >= 4 is 5.91 Å². The van der Waals surface area contributed by atoms with Gasteiger partial charge < -0.3 is 14.8 Å². The number of carbonyl (C=O) groups is 1. The molecule has 0 radical (unpaired) electrons. The molecule has 0 saturated heterocycles. The van der Waals surface area contributed by atoms with Crippen molar-refractivity contribution < 1.29 is 14.3 Å². The number of benzene rings is 2. The topological polar surface area (TPSA) is 47.6 Å². The normalized spacial score (nSPS) is 17.6. The Morgan fingerprint density at radius 3 is 2.55 bits per heavy atom. The van der Waals surface area contributed by atoms with Crippen LogP contribution in [-0.4, -0.2) is 18.6 Å². The molecular weight excluding hydrogens is 278 g/mol. The lowest BCUT2D eigenvalue weighted by molar-refractivity contribution is -0.131. The van der Waals surface area contributed by atoms with Crippen molar-refractivity contribution in [2.24, 2.45) is 0 Å². The Morgan fingerprint density at radius 1 is 1.14 bits per heavy atom. The molecule has 0 saturated carbocycles. The maximum Gasteiger partial charge on any atom is 0.265 e. The van der Waals surface area contributed by atoms with Crippen LogP contribution in [0.4, 0.5) is 0 Å². The third-order valence-corrected chi connectivity index (χ3v) is 3.73. The first-order valence-electron chi connectivity index (χ1n) is 7.51. The second-order valence-corrected chi connectivity index (χ2v) is 5.24. The van der Waals surface area contributed by atoms with E-state index in [0.29, 0.717) is 11.5 Å². The predicted molar refractivity (Wildman–Crippen MR) is 84.0 cm³/mol. The fraction of sp³-hybridized carbons (Fsp3) is 0.278. The molecule has 0 aromatic heterocycles. The molecular formula is C18H19NO3.